The van der Waals surface area contributed by atoms with Gasteiger partial charge in [0, 0.05) is 12.8 Å². The number of hydrogen-bond acceptors (Lipinski definition) is 4. The largest absolute Gasteiger partial charge is 0.390 e. The van der Waals surface area contributed by atoms with Crippen LogP contribution in [0.15, 0.2) is 0 Å². The first-order valence-corrected chi connectivity index (χ1v) is 3.33. The van der Waals surface area contributed by atoms with E-state index in [9.17, 15) is 0 Å². The van der Waals surface area contributed by atoms with E-state index in [-0.39, 0.29) is 12.8 Å². The Hall–Kier alpha value is -0.160. The van der Waals surface area contributed by atoms with Crippen molar-refractivity contribution in [2.75, 3.05) is 0 Å². The zero-order valence-corrected chi connectivity index (χ0v) is 5.51. The van der Waals surface area contributed by atoms with Gasteiger partial charge in [0.05, 0.1) is 24.4 Å². The molecule has 1 aliphatic rings. The second-order valence-corrected chi connectivity index (χ2v) is 2.74. The Morgan fingerprint density at radius 1 is 0.600 bits per heavy atom. The molecule has 0 aromatic heterocycles. The molecule has 10 heavy (non-hydrogen) atoms. The summed E-state index contributed by atoms with van der Waals surface area (Å²) in [5, 5.41) is 35.8. The molecule has 0 aromatic rings. The van der Waals surface area contributed by atoms with Gasteiger partial charge in [-0.1, -0.05) is 0 Å². The molecule has 4 nitrogen and oxygen atoms in total. The molecule has 1 saturated carbocycles. The van der Waals surface area contributed by atoms with Gasteiger partial charge >= 0.3 is 0 Å². The van der Waals surface area contributed by atoms with E-state index in [4.69, 9.17) is 20.4 Å². The third kappa shape index (κ3) is 1.46. The van der Waals surface area contributed by atoms with Crippen LogP contribution in [0.25, 0.3) is 0 Å². The van der Waals surface area contributed by atoms with Gasteiger partial charge in [-0.05, 0) is 0 Å². The molecule has 4 atom stereocenters. The molecule has 0 aliphatic heterocycles. The minimum absolute atomic E-state index is 0.0579. The highest BCUT2D eigenvalue weighted by Crippen LogP contribution is 2.19. The average Bonchev–Trinajstić information content (AvgIpc) is 1.84. The topological polar surface area (TPSA) is 80.9 Å². The van der Waals surface area contributed by atoms with Crippen molar-refractivity contribution in [1.29, 1.82) is 0 Å². The van der Waals surface area contributed by atoms with Crippen LogP contribution in [0.5, 0.6) is 0 Å². The third-order valence-electron chi connectivity index (χ3n) is 1.85. The molecule has 0 amide bonds. The van der Waals surface area contributed by atoms with E-state index in [2.05, 4.69) is 0 Å². The fraction of sp³-hybridized carbons (Fsp3) is 1.00. The fourth-order valence-electron chi connectivity index (χ4n) is 1.12. The van der Waals surface area contributed by atoms with Gasteiger partial charge in [-0.25, -0.2) is 0 Å². The van der Waals surface area contributed by atoms with E-state index in [1.807, 2.05) is 0 Å². The van der Waals surface area contributed by atoms with Crippen LogP contribution in [0.2, 0.25) is 0 Å². The van der Waals surface area contributed by atoms with Gasteiger partial charge < -0.3 is 20.4 Å². The van der Waals surface area contributed by atoms with Crippen molar-refractivity contribution in [3.8, 4) is 0 Å². The zero-order valence-electron chi connectivity index (χ0n) is 5.51. The summed E-state index contributed by atoms with van der Waals surface area (Å²) in [5.74, 6) is 0. The second kappa shape index (κ2) is 2.84. The Bertz CT molecular complexity index is 90.3. The van der Waals surface area contributed by atoms with Gasteiger partial charge in [-0.2, -0.15) is 0 Å². The van der Waals surface area contributed by atoms with E-state index in [0.717, 1.165) is 0 Å². The summed E-state index contributed by atoms with van der Waals surface area (Å²) < 4.78 is 0. The molecular weight excluding hydrogens is 136 g/mol. The molecule has 0 bridgehead atoms. The van der Waals surface area contributed by atoms with Crippen LogP contribution in [0.1, 0.15) is 12.8 Å². The number of aliphatic hydroxyl groups is 4. The lowest BCUT2D eigenvalue weighted by atomic mass is 9.90. The summed E-state index contributed by atoms with van der Waals surface area (Å²) in [5.41, 5.74) is 0. The number of rotatable bonds is 0. The smallest absolute Gasteiger partial charge is 0.0825 e. The number of aliphatic hydroxyl groups excluding tert-OH is 4. The SMILES string of the molecule is O[C@@H]1C[C@H](O)[C@@H](O)C[C@@H]1O. The van der Waals surface area contributed by atoms with Crippen molar-refractivity contribution < 1.29 is 20.4 Å². The minimum Gasteiger partial charge on any atom is -0.390 e. The maximum atomic E-state index is 8.94. The summed E-state index contributed by atoms with van der Waals surface area (Å²) in [6, 6.07) is 0. The Kier molecular flexibility index (Phi) is 2.25. The fourth-order valence-corrected chi connectivity index (χ4v) is 1.12. The maximum Gasteiger partial charge on any atom is 0.0825 e. The molecule has 1 rings (SSSR count). The van der Waals surface area contributed by atoms with Crippen molar-refractivity contribution in [3.63, 3.8) is 0 Å². The lowest BCUT2D eigenvalue weighted by molar-refractivity contribution is -0.107. The quantitative estimate of drug-likeness (QED) is 0.327. The first-order chi connectivity index (χ1) is 4.61. The van der Waals surface area contributed by atoms with E-state index < -0.39 is 24.4 Å². The molecule has 0 saturated heterocycles. The monoisotopic (exact) mass is 148 g/mol. The Balaban J connectivity index is 2.46. The lowest BCUT2D eigenvalue weighted by Gasteiger charge is -2.30. The molecule has 4 heteroatoms. The maximum absolute atomic E-state index is 8.94. The van der Waals surface area contributed by atoms with Crippen LogP contribution in [-0.4, -0.2) is 44.8 Å². The average molecular weight is 148 g/mol. The van der Waals surface area contributed by atoms with Crippen molar-refractivity contribution in [2.45, 2.75) is 37.3 Å². The first kappa shape index (κ1) is 7.94. The van der Waals surface area contributed by atoms with E-state index in [0.29, 0.717) is 0 Å². The summed E-state index contributed by atoms with van der Waals surface area (Å²) >= 11 is 0. The van der Waals surface area contributed by atoms with Gasteiger partial charge in [-0.3, -0.25) is 0 Å². The van der Waals surface area contributed by atoms with E-state index >= 15 is 0 Å². The molecule has 60 valence electrons. The predicted octanol–water partition coefficient (Wildman–Crippen LogP) is -1.78. The van der Waals surface area contributed by atoms with Crippen LogP contribution in [0, 0.1) is 0 Å². The van der Waals surface area contributed by atoms with Crippen LogP contribution in [0.4, 0.5) is 0 Å². The van der Waals surface area contributed by atoms with Crippen LogP contribution < -0.4 is 0 Å². The molecule has 0 spiro atoms. The summed E-state index contributed by atoms with van der Waals surface area (Å²) in [4.78, 5) is 0. The Labute approximate surface area is 58.7 Å². The van der Waals surface area contributed by atoms with Gasteiger partial charge in [0.1, 0.15) is 0 Å². The minimum atomic E-state index is -0.890. The molecule has 0 radical (unpaired) electrons. The normalized spacial score (nSPS) is 49.2. The molecule has 0 heterocycles. The third-order valence-corrected chi connectivity index (χ3v) is 1.85. The van der Waals surface area contributed by atoms with Crippen LogP contribution in [0.3, 0.4) is 0 Å². The molecular formula is C6H12O4. The predicted molar refractivity (Wildman–Crippen MR) is 33.3 cm³/mol. The molecule has 0 unspecified atom stereocenters. The highest BCUT2D eigenvalue weighted by atomic mass is 16.4. The van der Waals surface area contributed by atoms with Crippen molar-refractivity contribution >= 4 is 0 Å². The lowest BCUT2D eigenvalue weighted by Crippen LogP contribution is -2.44. The Morgan fingerprint density at radius 2 is 0.800 bits per heavy atom. The van der Waals surface area contributed by atoms with Crippen LogP contribution in [-0.2, 0) is 0 Å². The summed E-state index contributed by atoms with van der Waals surface area (Å²) in [6.07, 6.45) is -3.45. The first-order valence-electron chi connectivity index (χ1n) is 3.33. The van der Waals surface area contributed by atoms with Gasteiger partial charge in [0.2, 0.25) is 0 Å². The number of hydrogen-bond donors (Lipinski definition) is 4. The molecule has 1 aliphatic carbocycles. The van der Waals surface area contributed by atoms with Crippen molar-refractivity contribution in [3.05, 3.63) is 0 Å². The molecule has 0 aromatic carbocycles. The van der Waals surface area contributed by atoms with Crippen molar-refractivity contribution in [2.24, 2.45) is 0 Å². The highest BCUT2D eigenvalue weighted by Gasteiger charge is 2.32. The van der Waals surface area contributed by atoms with Gasteiger partial charge in [-0.15, -0.1) is 0 Å². The standard InChI is InChI=1S/C6H12O4/c7-3-1-4(8)6(10)2-5(3)9/h3-10H,1-2H2/t3-,4-,5-,6+/m0/s1. The van der Waals surface area contributed by atoms with Crippen molar-refractivity contribution in [1.82, 2.24) is 0 Å². The highest BCUT2D eigenvalue weighted by molar-refractivity contribution is 4.84. The van der Waals surface area contributed by atoms with E-state index in [1.54, 1.807) is 0 Å². The second-order valence-electron chi connectivity index (χ2n) is 2.74. The van der Waals surface area contributed by atoms with Gasteiger partial charge in [0.15, 0.2) is 0 Å². The summed E-state index contributed by atoms with van der Waals surface area (Å²) in [7, 11) is 0. The van der Waals surface area contributed by atoms with Crippen LogP contribution >= 0.6 is 0 Å². The Morgan fingerprint density at radius 3 is 1.00 bits per heavy atom. The van der Waals surface area contributed by atoms with Gasteiger partial charge in [0.25, 0.3) is 0 Å². The molecule has 1 fully saturated rings. The van der Waals surface area contributed by atoms with E-state index in [1.165, 1.54) is 0 Å². The zero-order chi connectivity index (χ0) is 7.72. The molecule has 4 N–H and O–H groups in total. The summed E-state index contributed by atoms with van der Waals surface area (Å²) in [6.45, 7) is 0.